The Bertz CT molecular complexity index is 659. The molecule has 1 saturated heterocycles. The number of hydrogen-bond acceptors (Lipinski definition) is 5. The van der Waals surface area contributed by atoms with Crippen molar-refractivity contribution < 1.29 is 9.47 Å². The zero-order chi connectivity index (χ0) is 22.5. The molecule has 0 aromatic heterocycles. The highest BCUT2D eigenvalue weighted by atomic mass is 16.5. The van der Waals surface area contributed by atoms with Crippen molar-refractivity contribution >= 4 is 5.96 Å². The van der Waals surface area contributed by atoms with Crippen LogP contribution in [-0.4, -0.2) is 88.9 Å². The van der Waals surface area contributed by atoms with Crippen molar-refractivity contribution in [2.24, 2.45) is 10.9 Å². The predicted octanol–water partition coefficient (Wildman–Crippen LogP) is 2.35. The lowest BCUT2D eigenvalue weighted by atomic mass is 10.1. The number of piperazine rings is 1. The van der Waals surface area contributed by atoms with Crippen molar-refractivity contribution in [3.63, 3.8) is 0 Å². The molecule has 0 radical (unpaired) electrons. The third-order valence-electron chi connectivity index (χ3n) is 5.51. The van der Waals surface area contributed by atoms with Crippen LogP contribution in [0.25, 0.3) is 0 Å². The van der Waals surface area contributed by atoms with Crippen LogP contribution in [0.5, 0.6) is 5.75 Å². The first-order chi connectivity index (χ1) is 15.0. The van der Waals surface area contributed by atoms with Crippen molar-refractivity contribution in [1.82, 2.24) is 20.4 Å². The average Bonchev–Trinajstić information content (AvgIpc) is 2.76. The summed E-state index contributed by atoms with van der Waals surface area (Å²) in [6, 6.07) is 6.32. The van der Waals surface area contributed by atoms with Gasteiger partial charge in [0.1, 0.15) is 5.75 Å². The lowest BCUT2D eigenvalue weighted by molar-refractivity contribution is 0.139. The Morgan fingerprint density at radius 1 is 1.16 bits per heavy atom. The fourth-order valence-corrected chi connectivity index (χ4v) is 3.62. The molecular formula is C24H43N5O2. The number of nitrogens with one attached hydrogen (secondary N) is 2. The van der Waals surface area contributed by atoms with Crippen LogP contribution in [0.4, 0.5) is 0 Å². The fraction of sp³-hybridized carbons (Fsp3) is 0.708. The van der Waals surface area contributed by atoms with Crippen LogP contribution in [0.1, 0.15) is 31.4 Å². The van der Waals surface area contributed by atoms with Crippen LogP contribution in [-0.2, 0) is 11.3 Å². The SMILES string of the molecule is CCNC(=NCc1ccc(C)cc1OCCCOC)NCC(C)CN1CCN(C)CC1. The van der Waals surface area contributed by atoms with Crippen molar-refractivity contribution in [3.05, 3.63) is 29.3 Å². The normalized spacial score (nSPS) is 16.9. The van der Waals surface area contributed by atoms with Gasteiger partial charge in [-0.05, 0) is 38.4 Å². The second kappa shape index (κ2) is 14.3. The summed E-state index contributed by atoms with van der Waals surface area (Å²) in [5, 5.41) is 6.89. The van der Waals surface area contributed by atoms with Gasteiger partial charge in [-0.3, -0.25) is 0 Å². The number of rotatable bonds is 12. The molecule has 1 atom stereocenters. The first kappa shape index (κ1) is 25.4. The molecule has 1 heterocycles. The zero-order valence-corrected chi connectivity index (χ0v) is 20.2. The van der Waals surface area contributed by atoms with Gasteiger partial charge in [-0.1, -0.05) is 19.1 Å². The second-order valence-corrected chi connectivity index (χ2v) is 8.59. The summed E-state index contributed by atoms with van der Waals surface area (Å²) in [4.78, 5) is 9.78. The molecule has 0 aliphatic carbocycles. The zero-order valence-electron chi connectivity index (χ0n) is 20.2. The van der Waals surface area contributed by atoms with Crippen molar-refractivity contribution in [2.45, 2.75) is 33.7 Å². The van der Waals surface area contributed by atoms with Crippen LogP contribution >= 0.6 is 0 Å². The second-order valence-electron chi connectivity index (χ2n) is 8.59. The maximum atomic E-state index is 6.00. The van der Waals surface area contributed by atoms with E-state index in [1.807, 2.05) is 0 Å². The van der Waals surface area contributed by atoms with E-state index in [0.717, 1.165) is 69.5 Å². The van der Waals surface area contributed by atoms with Gasteiger partial charge in [-0.15, -0.1) is 0 Å². The molecule has 31 heavy (non-hydrogen) atoms. The summed E-state index contributed by atoms with van der Waals surface area (Å²) >= 11 is 0. The van der Waals surface area contributed by atoms with E-state index in [1.165, 1.54) is 5.56 Å². The standard InChI is InChI=1S/C24H43N5O2/c1-6-25-24(26-17-21(3)19-29-12-10-28(4)11-13-29)27-18-22-9-8-20(2)16-23(22)31-15-7-14-30-5/h8-9,16,21H,6-7,10-15,17-19H2,1-5H3,(H2,25,26,27). The fourth-order valence-electron chi connectivity index (χ4n) is 3.62. The Morgan fingerprint density at radius 3 is 2.65 bits per heavy atom. The van der Waals surface area contributed by atoms with Crippen LogP contribution in [0.2, 0.25) is 0 Å². The molecule has 2 rings (SSSR count). The van der Waals surface area contributed by atoms with E-state index < -0.39 is 0 Å². The number of likely N-dealkylation sites (N-methyl/N-ethyl adjacent to an activating group) is 1. The molecule has 0 amide bonds. The minimum absolute atomic E-state index is 0.561. The van der Waals surface area contributed by atoms with E-state index in [1.54, 1.807) is 7.11 Å². The molecular weight excluding hydrogens is 390 g/mol. The highest BCUT2D eigenvalue weighted by Gasteiger charge is 2.16. The van der Waals surface area contributed by atoms with E-state index >= 15 is 0 Å². The third kappa shape index (κ3) is 9.89. The summed E-state index contributed by atoms with van der Waals surface area (Å²) in [5.41, 5.74) is 2.29. The molecule has 1 unspecified atom stereocenters. The van der Waals surface area contributed by atoms with Crippen molar-refractivity contribution in [3.8, 4) is 5.75 Å². The molecule has 1 aromatic carbocycles. The molecule has 1 fully saturated rings. The van der Waals surface area contributed by atoms with E-state index in [-0.39, 0.29) is 0 Å². The number of aliphatic imine (C=N–C) groups is 1. The van der Waals surface area contributed by atoms with Crippen LogP contribution in [0.3, 0.4) is 0 Å². The molecule has 0 bridgehead atoms. The molecule has 7 heteroatoms. The minimum atomic E-state index is 0.561. The third-order valence-corrected chi connectivity index (χ3v) is 5.51. The van der Waals surface area contributed by atoms with Gasteiger partial charge in [0, 0.05) is 71.5 Å². The molecule has 2 N–H and O–H groups in total. The van der Waals surface area contributed by atoms with E-state index in [9.17, 15) is 0 Å². The van der Waals surface area contributed by atoms with Crippen molar-refractivity contribution in [1.29, 1.82) is 0 Å². The van der Waals surface area contributed by atoms with E-state index in [2.05, 4.69) is 66.5 Å². The topological polar surface area (TPSA) is 61.4 Å². The molecule has 1 aromatic rings. The Hall–Kier alpha value is -1.83. The molecule has 0 saturated carbocycles. The highest BCUT2D eigenvalue weighted by molar-refractivity contribution is 5.79. The smallest absolute Gasteiger partial charge is 0.191 e. The minimum Gasteiger partial charge on any atom is -0.493 e. The van der Waals surface area contributed by atoms with Gasteiger partial charge in [-0.25, -0.2) is 4.99 Å². The van der Waals surface area contributed by atoms with Gasteiger partial charge in [0.15, 0.2) is 5.96 Å². The number of ether oxygens (including phenoxy) is 2. The van der Waals surface area contributed by atoms with E-state index in [4.69, 9.17) is 14.5 Å². The maximum absolute atomic E-state index is 6.00. The highest BCUT2D eigenvalue weighted by Crippen LogP contribution is 2.21. The van der Waals surface area contributed by atoms with Crippen molar-refractivity contribution in [2.75, 3.05) is 73.2 Å². The molecule has 7 nitrogen and oxygen atoms in total. The molecule has 176 valence electrons. The number of nitrogens with zero attached hydrogens (tertiary/aromatic N) is 3. The Balaban J connectivity index is 1.88. The van der Waals surface area contributed by atoms with E-state index in [0.29, 0.717) is 25.7 Å². The lowest BCUT2D eigenvalue weighted by Gasteiger charge is -2.34. The van der Waals surface area contributed by atoms with Gasteiger partial charge >= 0.3 is 0 Å². The van der Waals surface area contributed by atoms with Gasteiger partial charge in [0.2, 0.25) is 0 Å². The summed E-state index contributed by atoms with van der Waals surface area (Å²) in [7, 11) is 3.92. The monoisotopic (exact) mass is 433 g/mol. The molecule has 1 aliphatic rings. The number of guanidine groups is 1. The average molecular weight is 434 g/mol. The number of methoxy groups -OCH3 is 1. The largest absolute Gasteiger partial charge is 0.493 e. The van der Waals surface area contributed by atoms with Crippen LogP contribution in [0, 0.1) is 12.8 Å². The summed E-state index contributed by atoms with van der Waals surface area (Å²) < 4.78 is 11.1. The summed E-state index contributed by atoms with van der Waals surface area (Å²) in [6.45, 7) is 16.0. The molecule has 1 aliphatic heterocycles. The predicted molar refractivity (Wildman–Crippen MR) is 129 cm³/mol. The molecule has 0 spiro atoms. The Labute approximate surface area is 189 Å². The first-order valence-electron chi connectivity index (χ1n) is 11.7. The number of benzene rings is 1. The van der Waals surface area contributed by atoms with Gasteiger partial charge in [0.25, 0.3) is 0 Å². The quantitative estimate of drug-likeness (QED) is 0.300. The van der Waals surface area contributed by atoms with Gasteiger partial charge in [0.05, 0.1) is 13.2 Å². The first-order valence-corrected chi connectivity index (χ1v) is 11.7. The van der Waals surface area contributed by atoms with Crippen LogP contribution in [0.15, 0.2) is 23.2 Å². The number of aryl methyl sites for hydroxylation is 1. The Morgan fingerprint density at radius 2 is 1.94 bits per heavy atom. The summed E-state index contributed by atoms with van der Waals surface area (Å²) in [5.74, 6) is 2.34. The lowest BCUT2D eigenvalue weighted by Crippen LogP contribution is -2.47. The Kier molecular flexibility index (Phi) is 11.7. The van der Waals surface area contributed by atoms with Gasteiger partial charge in [-0.2, -0.15) is 0 Å². The summed E-state index contributed by atoms with van der Waals surface area (Å²) in [6.07, 6.45) is 0.878. The maximum Gasteiger partial charge on any atom is 0.191 e. The number of hydrogen-bond donors (Lipinski definition) is 2. The van der Waals surface area contributed by atoms with Crippen LogP contribution < -0.4 is 15.4 Å². The van der Waals surface area contributed by atoms with Gasteiger partial charge < -0.3 is 29.9 Å².